The van der Waals surface area contributed by atoms with Crippen molar-refractivity contribution in [2.75, 3.05) is 31.1 Å². The van der Waals surface area contributed by atoms with Crippen molar-refractivity contribution in [1.29, 1.82) is 0 Å². The summed E-state index contributed by atoms with van der Waals surface area (Å²) in [5, 5.41) is 3.40. The van der Waals surface area contributed by atoms with Crippen molar-refractivity contribution in [2.24, 2.45) is 0 Å². The Kier molecular flexibility index (Phi) is 9.71. The van der Waals surface area contributed by atoms with Crippen LogP contribution in [-0.2, 0) is 0 Å². The van der Waals surface area contributed by atoms with E-state index >= 15 is 0 Å². The van der Waals surface area contributed by atoms with Gasteiger partial charge in [-0.05, 0) is 25.5 Å². The zero-order chi connectivity index (χ0) is 10.1. The van der Waals surface area contributed by atoms with Gasteiger partial charge in [-0.1, -0.05) is 43.0 Å². The summed E-state index contributed by atoms with van der Waals surface area (Å²) in [7, 11) is 3.91. The first-order chi connectivity index (χ1) is 6.20. The van der Waals surface area contributed by atoms with Crippen molar-refractivity contribution < 1.29 is 0 Å². The number of nitrogens with one attached hydrogen (secondary N) is 1. The lowest BCUT2D eigenvalue weighted by Crippen LogP contribution is -2.13. The van der Waals surface area contributed by atoms with Crippen LogP contribution in [0.5, 0.6) is 0 Å². The SMILES string of the molecule is C=C(CCSSC)NCP(C)CC. The highest BCUT2D eigenvalue weighted by Crippen LogP contribution is 2.27. The van der Waals surface area contributed by atoms with Crippen LogP contribution in [0.15, 0.2) is 12.3 Å². The van der Waals surface area contributed by atoms with Gasteiger partial charge in [0, 0.05) is 17.7 Å². The summed E-state index contributed by atoms with van der Waals surface area (Å²) in [5.41, 5.74) is 1.20. The molecule has 13 heavy (non-hydrogen) atoms. The van der Waals surface area contributed by atoms with Gasteiger partial charge in [-0.3, -0.25) is 0 Å². The molecule has 0 aliphatic carbocycles. The predicted octanol–water partition coefficient (Wildman–Crippen LogP) is 3.58. The fourth-order valence-corrected chi connectivity index (χ4v) is 2.66. The molecular formula is C9H20NPS2. The van der Waals surface area contributed by atoms with Crippen LogP contribution < -0.4 is 5.32 Å². The Morgan fingerprint density at radius 2 is 2.23 bits per heavy atom. The third kappa shape index (κ3) is 8.99. The van der Waals surface area contributed by atoms with Gasteiger partial charge in [-0.15, -0.1) is 0 Å². The summed E-state index contributed by atoms with van der Waals surface area (Å²) in [6, 6.07) is 0. The largest absolute Gasteiger partial charge is 0.385 e. The molecule has 0 rings (SSSR count). The van der Waals surface area contributed by atoms with E-state index in [2.05, 4.69) is 31.7 Å². The molecule has 1 N–H and O–H groups in total. The standard InChI is InChI=1S/C9H20NPS2/c1-5-11(3)8-10-9(2)6-7-13-12-4/h10H,2,5-8H2,1,3-4H3. The zero-order valence-corrected chi connectivity index (χ0v) is 11.3. The summed E-state index contributed by atoms with van der Waals surface area (Å²) in [6.45, 7) is 8.58. The summed E-state index contributed by atoms with van der Waals surface area (Å²) >= 11 is 0. The van der Waals surface area contributed by atoms with E-state index < -0.39 is 0 Å². The summed E-state index contributed by atoms with van der Waals surface area (Å²) in [4.78, 5) is 0. The van der Waals surface area contributed by atoms with E-state index in [1.165, 1.54) is 17.6 Å². The van der Waals surface area contributed by atoms with Crippen LogP contribution in [0, 0.1) is 0 Å². The lowest BCUT2D eigenvalue weighted by atomic mass is 10.4. The van der Waals surface area contributed by atoms with E-state index in [1.54, 1.807) is 0 Å². The van der Waals surface area contributed by atoms with Gasteiger partial charge in [0.15, 0.2) is 0 Å². The Balaban J connectivity index is 3.30. The van der Waals surface area contributed by atoms with Crippen LogP contribution in [0.2, 0.25) is 0 Å². The Bertz CT molecular complexity index is 142. The second-order valence-corrected chi connectivity index (χ2v) is 8.19. The fraction of sp³-hybridized carbons (Fsp3) is 0.778. The molecule has 78 valence electrons. The highest BCUT2D eigenvalue weighted by Gasteiger charge is 1.98. The van der Waals surface area contributed by atoms with Crippen molar-refractivity contribution in [3.8, 4) is 0 Å². The first-order valence-corrected chi connectivity index (χ1v) is 9.35. The molecule has 0 bridgehead atoms. The molecule has 1 nitrogen and oxygen atoms in total. The van der Waals surface area contributed by atoms with Crippen molar-refractivity contribution in [1.82, 2.24) is 5.32 Å². The highest BCUT2D eigenvalue weighted by atomic mass is 33.1. The molecule has 0 amide bonds. The molecule has 1 unspecified atom stereocenters. The molecule has 0 radical (unpaired) electrons. The monoisotopic (exact) mass is 237 g/mol. The molecule has 4 heteroatoms. The van der Waals surface area contributed by atoms with Crippen molar-refractivity contribution in [3.63, 3.8) is 0 Å². The highest BCUT2D eigenvalue weighted by molar-refractivity contribution is 8.76. The summed E-state index contributed by atoms with van der Waals surface area (Å²) in [6.07, 6.45) is 5.64. The molecule has 0 aliphatic rings. The number of hydrogen-bond acceptors (Lipinski definition) is 3. The molecule has 0 aromatic rings. The molecule has 0 aliphatic heterocycles. The van der Waals surface area contributed by atoms with E-state index in [1.807, 2.05) is 21.6 Å². The minimum atomic E-state index is 0.187. The van der Waals surface area contributed by atoms with Crippen molar-refractivity contribution >= 4 is 29.5 Å². The Hall–Kier alpha value is 0.670. The third-order valence-corrected chi connectivity index (χ3v) is 5.34. The number of rotatable bonds is 8. The van der Waals surface area contributed by atoms with Crippen molar-refractivity contribution in [3.05, 3.63) is 12.3 Å². The normalized spacial score (nSPS) is 12.5. The van der Waals surface area contributed by atoms with Gasteiger partial charge in [0.25, 0.3) is 0 Å². The maximum atomic E-state index is 4.01. The topological polar surface area (TPSA) is 12.0 Å². The Morgan fingerprint density at radius 3 is 2.77 bits per heavy atom. The van der Waals surface area contributed by atoms with E-state index in [0.29, 0.717) is 0 Å². The van der Waals surface area contributed by atoms with Gasteiger partial charge >= 0.3 is 0 Å². The zero-order valence-electron chi connectivity index (χ0n) is 8.80. The maximum absolute atomic E-state index is 4.01. The second-order valence-electron chi connectivity index (χ2n) is 2.85. The van der Waals surface area contributed by atoms with Gasteiger partial charge in [-0.25, -0.2) is 0 Å². The average Bonchev–Trinajstić information content (AvgIpc) is 2.14. The van der Waals surface area contributed by atoms with Crippen LogP contribution in [0.1, 0.15) is 13.3 Å². The van der Waals surface area contributed by atoms with E-state index in [9.17, 15) is 0 Å². The second kappa shape index (κ2) is 9.23. The number of hydrogen-bond donors (Lipinski definition) is 1. The molecule has 0 spiro atoms. The lowest BCUT2D eigenvalue weighted by Gasteiger charge is -2.13. The Labute approximate surface area is 91.7 Å². The van der Waals surface area contributed by atoms with Crippen molar-refractivity contribution in [2.45, 2.75) is 13.3 Å². The van der Waals surface area contributed by atoms with Gasteiger partial charge in [0.2, 0.25) is 0 Å². The molecule has 0 aromatic heterocycles. The molecule has 0 aromatic carbocycles. The minimum Gasteiger partial charge on any atom is -0.385 e. The molecule has 0 heterocycles. The van der Waals surface area contributed by atoms with Gasteiger partial charge in [0.1, 0.15) is 0 Å². The molecule has 0 saturated heterocycles. The third-order valence-electron chi connectivity index (χ3n) is 1.74. The van der Waals surface area contributed by atoms with E-state index in [-0.39, 0.29) is 7.92 Å². The average molecular weight is 237 g/mol. The molecular weight excluding hydrogens is 217 g/mol. The predicted molar refractivity (Wildman–Crippen MR) is 71.1 cm³/mol. The maximum Gasteiger partial charge on any atom is 0.0342 e. The first-order valence-electron chi connectivity index (χ1n) is 4.46. The smallest absolute Gasteiger partial charge is 0.0342 e. The molecule has 0 saturated carbocycles. The quantitative estimate of drug-likeness (QED) is 0.394. The Morgan fingerprint density at radius 1 is 1.54 bits per heavy atom. The fourth-order valence-electron chi connectivity index (χ4n) is 0.695. The lowest BCUT2D eigenvalue weighted by molar-refractivity contribution is 0.888. The number of allylic oxidation sites excluding steroid dienone is 1. The van der Waals surface area contributed by atoms with E-state index in [0.717, 1.165) is 12.7 Å². The van der Waals surface area contributed by atoms with Crippen LogP contribution in [0.4, 0.5) is 0 Å². The van der Waals surface area contributed by atoms with Crippen LogP contribution in [0.3, 0.4) is 0 Å². The first kappa shape index (κ1) is 13.7. The van der Waals surface area contributed by atoms with Gasteiger partial charge in [-0.2, -0.15) is 0 Å². The molecule has 0 fully saturated rings. The van der Waals surface area contributed by atoms with Gasteiger partial charge in [0.05, 0.1) is 0 Å². The van der Waals surface area contributed by atoms with Crippen LogP contribution >= 0.6 is 29.5 Å². The minimum absolute atomic E-state index is 0.187. The summed E-state index contributed by atoms with van der Waals surface area (Å²) in [5.74, 6) is 1.17. The van der Waals surface area contributed by atoms with E-state index in [4.69, 9.17) is 0 Å². The van der Waals surface area contributed by atoms with Crippen LogP contribution in [-0.4, -0.2) is 31.1 Å². The van der Waals surface area contributed by atoms with Gasteiger partial charge < -0.3 is 5.32 Å². The van der Waals surface area contributed by atoms with Crippen LogP contribution in [0.25, 0.3) is 0 Å². The molecule has 1 atom stereocenters. The summed E-state index contributed by atoms with van der Waals surface area (Å²) < 4.78 is 0.